The minimum Gasteiger partial charge on any atom is -0.467 e. The smallest absolute Gasteiger partial charge is 0.262 e. The van der Waals surface area contributed by atoms with Crippen LogP contribution in [0.25, 0.3) is 0 Å². The molecule has 0 unspecified atom stereocenters. The van der Waals surface area contributed by atoms with Crippen LogP contribution in [0.4, 0.5) is 5.69 Å². The van der Waals surface area contributed by atoms with Crippen LogP contribution in [0.5, 0.6) is 5.88 Å². The summed E-state index contributed by atoms with van der Waals surface area (Å²) in [7, 11) is 0. The van der Waals surface area contributed by atoms with Crippen molar-refractivity contribution in [1.29, 1.82) is 5.26 Å². The quantitative estimate of drug-likeness (QED) is 0.703. The number of carbonyl (C=O) groups is 2. The highest BCUT2D eigenvalue weighted by atomic mass is 16.5. The summed E-state index contributed by atoms with van der Waals surface area (Å²) in [5.74, 6) is -0.140. The zero-order valence-electron chi connectivity index (χ0n) is 18.5. The average Bonchev–Trinajstić information content (AvgIpc) is 2.70. The third-order valence-corrected chi connectivity index (χ3v) is 5.19. The summed E-state index contributed by atoms with van der Waals surface area (Å²) in [6, 6.07) is 8.83. The van der Waals surface area contributed by atoms with Crippen molar-refractivity contribution in [3.63, 3.8) is 0 Å². The van der Waals surface area contributed by atoms with Gasteiger partial charge in [0.05, 0.1) is 17.9 Å². The van der Waals surface area contributed by atoms with Crippen LogP contribution in [0.3, 0.4) is 0 Å². The van der Waals surface area contributed by atoms with E-state index in [2.05, 4.69) is 16.4 Å². The van der Waals surface area contributed by atoms with Gasteiger partial charge in [0.1, 0.15) is 11.6 Å². The van der Waals surface area contributed by atoms with Crippen molar-refractivity contribution in [3.05, 3.63) is 52.2 Å². The largest absolute Gasteiger partial charge is 0.467 e. The molecule has 1 N–H and O–H groups in total. The van der Waals surface area contributed by atoms with Gasteiger partial charge in [-0.3, -0.25) is 9.59 Å². The van der Waals surface area contributed by atoms with Crippen LogP contribution < -0.4 is 10.1 Å². The first-order valence-electron chi connectivity index (χ1n) is 10.2. The van der Waals surface area contributed by atoms with Crippen LogP contribution in [0.15, 0.2) is 24.3 Å². The molecule has 7 nitrogen and oxygen atoms in total. The predicted octanol–water partition coefficient (Wildman–Crippen LogP) is 4.15. The number of rotatable bonds is 6. The van der Waals surface area contributed by atoms with E-state index in [0.717, 1.165) is 16.8 Å². The van der Waals surface area contributed by atoms with Gasteiger partial charge in [-0.1, -0.05) is 13.8 Å². The third kappa shape index (κ3) is 5.09. The first-order chi connectivity index (χ1) is 14.6. The Hall–Kier alpha value is -3.24. The lowest BCUT2D eigenvalue weighted by Crippen LogP contribution is -2.33. The molecule has 0 saturated heterocycles. The molecule has 0 spiro atoms. The number of nitrogens with zero attached hydrogens (tertiary/aromatic N) is 2. The Balaban J connectivity index is 1.81. The first kappa shape index (κ1) is 22.4. The number of aromatic nitrogens is 1. The molecule has 1 aromatic carbocycles. The van der Waals surface area contributed by atoms with Gasteiger partial charge in [-0.15, -0.1) is 0 Å². The molecule has 0 aliphatic carbocycles. The average molecular weight is 421 g/mol. The highest BCUT2D eigenvalue weighted by Crippen LogP contribution is 2.37. The summed E-state index contributed by atoms with van der Waals surface area (Å²) in [4.78, 5) is 28.3. The number of nitrogens with one attached hydrogen (secondary N) is 1. The van der Waals surface area contributed by atoms with Crippen LogP contribution in [-0.2, 0) is 22.6 Å². The van der Waals surface area contributed by atoms with E-state index in [1.807, 2.05) is 27.7 Å². The van der Waals surface area contributed by atoms with Gasteiger partial charge >= 0.3 is 0 Å². The molecule has 1 aliphatic heterocycles. The topological polar surface area (TPSA) is 101 Å². The van der Waals surface area contributed by atoms with Crippen LogP contribution >= 0.6 is 0 Å². The van der Waals surface area contributed by atoms with Gasteiger partial charge in [0.25, 0.3) is 5.91 Å². The van der Waals surface area contributed by atoms with Gasteiger partial charge < -0.3 is 14.8 Å². The maximum Gasteiger partial charge on any atom is 0.262 e. The number of anilines is 1. The minimum atomic E-state index is -0.394. The molecule has 1 aliphatic rings. The van der Waals surface area contributed by atoms with Gasteiger partial charge in [-0.05, 0) is 56.5 Å². The number of hydrogen-bond donors (Lipinski definition) is 1. The van der Waals surface area contributed by atoms with E-state index in [9.17, 15) is 14.9 Å². The number of amides is 1. The molecule has 31 heavy (non-hydrogen) atoms. The highest BCUT2D eigenvalue weighted by Gasteiger charge is 2.32. The lowest BCUT2D eigenvalue weighted by molar-refractivity contribution is -0.118. The molecule has 7 heteroatoms. The van der Waals surface area contributed by atoms with E-state index in [0.29, 0.717) is 29.8 Å². The van der Waals surface area contributed by atoms with Gasteiger partial charge in [0.2, 0.25) is 5.88 Å². The number of fused-ring (bicyclic) bond motifs is 1. The van der Waals surface area contributed by atoms with Crippen LogP contribution in [0, 0.1) is 11.3 Å². The standard InChI is InChI=1S/C24H27N3O4/c1-14(2)22-20-12-31-24(4,5)10-18(20)19(11-25)23(27-22)30-13-21(29)26-17-8-6-16(7-9-17)15(3)28/h6-9,14H,10,12-13H2,1-5H3,(H,26,29). The number of ether oxygens (including phenoxy) is 2. The Morgan fingerprint density at radius 1 is 1.26 bits per heavy atom. The second kappa shape index (κ2) is 8.86. The second-order valence-electron chi connectivity index (χ2n) is 8.60. The van der Waals surface area contributed by atoms with Crippen LogP contribution in [0.1, 0.15) is 73.3 Å². The summed E-state index contributed by atoms with van der Waals surface area (Å²) >= 11 is 0. The maximum atomic E-state index is 12.4. The molecule has 1 amide bonds. The normalized spacial score (nSPS) is 14.5. The highest BCUT2D eigenvalue weighted by molar-refractivity contribution is 5.95. The van der Waals surface area contributed by atoms with Crippen molar-refractivity contribution >= 4 is 17.4 Å². The molecule has 0 atom stereocenters. The summed E-state index contributed by atoms with van der Waals surface area (Å²) < 4.78 is 11.6. The third-order valence-electron chi connectivity index (χ3n) is 5.19. The molecule has 162 valence electrons. The first-order valence-corrected chi connectivity index (χ1v) is 10.2. The van der Waals surface area contributed by atoms with E-state index < -0.39 is 5.60 Å². The summed E-state index contributed by atoms with van der Waals surface area (Å²) in [5.41, 5.74) is 3.73. The number of nitriles is 1. The number of carbonyl (C=O) groups excluding carboxylic acids is 2. The Kier molecular flexibility index (Phi) is 6.42. The van der Waals surface area contributed by atoms with E-state index in [4.69, 9.17) is 9.47 Å². The van der Waals surface area contributed by atoms with E-state index in [-0.39, 0.29) is 30.1 Å². The fraction of sp³-hybridized carbons (Fsp3) is 0.417. The summed E-state index contributed by atoms with van der Waals surface area (Å²) in [5, 5.41) is 12.5. The Labute approximate surface area is 182 Å². The number of ketones is 1. The van der Waals surface area contributed by atoms with E-state index in [1.165, 1.54) is 6.92 Å². The van der Waals surface area contributed by atoms with Crippen LogP contribution in [0.2, 0.25) is 0 Å². The lowest BCUT2D eigenvalue weighted by atomic mass is 9.86. The Morgan fingerprint density at radius 3 is 2.52 bits per heavy atom. The molecule has 3 rings (SSSR count). The summed E-state index contributed by atoms with van der Waals surface area (Å²) in [6.07, 6.45) is 0.568. The van der Waals surface area contributed by atoms with Crippen molar-refractivity contribution in [2.24, 2.45) is 0 Å². The van der Waals surface area contributed by atoms with Crippen molar-refractivity contribution in [2.45, 2.75) is 59.2 Å². The van der Waals surface area contributed by atoms with Gasteiger partial charge in [-0.25, -0.2) is 4.98 Å². The number of benzene rings is 1. The molecule has 0 radical (unpaired) electrons. The fourth-order valence-corrected chi connectivity index (χ4v) is 3.58. The molecule has 2 heterocycles. The minimum absolute atomic E-state index is 0.0433. The molecule has 1 aromatic heterocycles. The van der Waals surface area contributed by atoms with Crippen molar-refractivity contribution in [1.82, 2.24) is 4.98 Å². The number of pyridine rings is 1. The van der Waals surface area contributed by atoms with E-state index >= 15 is 0 Å². The number of hydrogen-bond acceptors (Lipinski definition) is 6. The van der Waals surface area contributed by atoms with Crippen molar-refractivity contribution < 1.29 is 19.1 Å². The van der Waals surface area contributed by atoms with Crippen molar-refractivity contribution in [3.8, 4) is 11.9 Å². The Morgan fingerprint density at radius 2 is 1.94 bits per heavy atom. The number of Topliss-reactive ketones (excluding diaryl/α,β-unsaturated/α-hetero) is 1. The molecular weight excluding hydrogens is 394 g/mol. The summed E-state index contributed by atoms with van der Waals surface area (Å²) in [6.45, 7) is 9.61. The predicted molar refractivity (Wildman–Crippen MR) is 116 cm³/mol. The second-order valence-corrected chi connectivity index (χ2v) is 8.60. The fourth-order valence-electron chi connectivity index (χ4n) is 3.58. The molecule has 0 saturated carbocycles. The van der Waals surface area contributed by atoms with Gasteiger partial charge in [-0.2, -0.15) is 5.26 Å². The molecular formula is C24H27N3O4. The maximum absolute atomic E-state index is 12.4. The zero-order chi connectivity index (χ0) is 22.8. The van der Waals surface area contributed by atoms with Gasteiger partial charge in [0, 0.05) is 23.2 Å². The molecule has 0 fully saturated rings. The lowest BCUT2D eigenvalue weighted by Gasteiger charge is -2.34. The Bertz CT molecular complexity index is 1050. The van der Waals surface area contributed by atoms with Crippen LogP contribution in [-0.4, -0.2) is 28.9 Å². The SMILES string of the molecule is CC(=O)c1ccc(NC(=O)COc2nc(C(C)C)c3c(c2C#N)CC(C)(C)OC3)cc1. The molecule has 2 aromatic rings. The molecule has 0 bridgehead atoms. The zero-order valence-corrected chi connectivity index (χ0v) is 18.5. The van der Waals surface area contributed by atoms with Gasteiger partial charge in [0.15, 0.2) is 12.4 Å². The van der Waals surface area contributed by atoms with Crippen molar-refractivity contribution in [2.75, 3.05) is 11.9 Å². The monoisotopic (exact) mass is 421 g/mol. The van der Waals surface area contributed by atoms with E-state index in [1.54, 1.807) is 24.3 Å².